The van der Waals surface area contributed by atoms with Crippen LogP contribution in [0, 0.1) is 0 Å². The number of amides is 2. The zero-order valence-electron chi connectivity index (χ0n) is 13.1. The average Bonchev–Trinajstić information content (AvgIpc) is 2.89. The molecule has 2 aromatic carbocycles. The molecular formula is C18H12ClNO3S2. The molecule has 1 aliphatic rings. The van der Waals surface area contributed by atoms with Crippen LogP contribution >= 0.6 is 35.6 Å². The Labute approximate surface area is 159 Å². The second-order valence-electron chi connectivity index (χ2n) is 5.10. The number of imide groups is 1. The van der Waals surface area contributed by atoms with Crippen molar-refractivity contribution < 1.29 is 14.3 Å². The summed E-state index contributed by atoms with van der Waals surface area (Å²) < 4.78 is 5.32. The van der Waals surface area contributed by atoms with E-state index in [4.69, 9.17) is 28.6 Å². The number of halogens is 1. The quantitative estimate of drug-likeness (QED) is 0.442. The Morgan fingerprint density at radius 2 is 1.80 bits per heavy atom. The summed E-state index contributed by atoms with van der Waals surface area (Å²) in [5, 5.41) is 0.515. The summed E-state index contributed by atoms with van der Waals surface area (Å²) in [6.45, 7) is 0. The number of benzene rings is 2. The van der Waals surface area contributed by atoms with Crippen molar-refractivity contribution in [3.05, 3.63) is 69.6 Å². The van der Waals surface area contributed by atoms with Crippen LogP contribution in [-0.4, -0.2) is 28.1 Å². The van der Waals surface area contributed by atoms with E-state index in [9.17, 15) is 9.59 Å². The van der Waals surface area contributed by atoms with Gasteiger partial charge in [-0.1, -0.05) is 47.7 Å². The highest BCUT2D eigenvalue weighted by molar-refractivity contribution is 8.26. The number of nitrogens with zero attached hydrogens (tertiary/aromatic N) is 1. The van der Waals surface area contributed by atoms with Crippen LogP contribution in [-0.2, 0) is 4.79 Å². The molecule has 0 unspecified atom stereocenters. The van der Waals surface area contributed by atoms with Crippen LogP contribution in [0.15, 0.2) is 53.4 Å². The first kappa shape index (κ1) is 17.7. The smallest absolute Gasteiger partial charge is 0.273 e. The molecule has 7 heteroatoms. The van der Waals surface area contributed by atoms with Crippen molar-refractivity contribution in [2.24, 2.45) is 0 Å². The molecule has 4 nitrogen and oxygen atoms in total. The van der Waals surface area contributed by atoms with Crippen molar-refractivity contribution in [2.45, 2.75) is 0 Å². The minimum atomic E-state index is -0.461. The predicted octanol–water partition coefficient (Wildman–Crippen LogP) is 4.39. The Kier molecular flexibility index (Phi) is 5.22. The lowest BCUT2D eigenvalue weighted by Gasteiger charge is -2.12. The standard InChI is InChI=1S/C18H12ClNO3S2/c1-23-14-8-2-11(3-9-14)10-15-17(22)20(18(24)25-15)16(21)12-4-6-13(19)7-5-12/h2-10H,1H3. The molecule has 0 N–H and O–H groups in total. The van der Waals surface area contributed by atoms with E-state index in [-0.39, 0.29) is 4.32 Å². The zero-order valence-corrected chi connectivity index (χ0v) is 15.5. The molecule has 126 valence electrons. The lowest BCUT2D eigenvalue weighted by molar-refractivity contribution is -0.120. The topological polar surface area (TPSA) is 46.6 Å². The van der Waals surface area contributed by atoms with Crippen molar-refractivity contribution in [1.29, 1.82) is 0 Å². The number of hydrogen-bond donors (Lipinski definition) is 0. The fraction of sp³-hybridized carbons (Fsp3) is 0.0556. The normalized spacial score (nSPS) is 15.8. The van der Waals surface area contributed by atoms with Gasteiger partial charge < -0.3 is 4.74 Å². The van der Waals surface area contributed by atoms with Crippen molar-refractivity contribution in [3.63, 3.8) is 0 Å². The molecule has 0 spiro atoms. The largest absolute Gasteiger partial charge is 0.497 e. The summed E-state index contributed by atoms with van der Waals surface area (Å²) in [7, 11) is 1.59. The van der Waals surface area contributed by atoms with Crippen LogP contribution in [0.4, 0.5) is 0 Å². The van der Waals surface area contributed by atoms with Crippen molar-refractivity contribution in [2.75, 3.05) is 7.11 Å². The van der Waals surface area contributed by atoms with Crippen LogP contribution < -0.4 is 4.74 Å². The van der Waals surface area contributed by atoms with Crippen LogP contribution in [0.5, 0.6) is 5.75 Å². The fourth-order valence-electron chi connectivity index (χ4n) is 2.22. The number of carbonyl (C=O) groups is 2. The van der Waals surface area contributed by atoms with E-state index >= 15 is 0 Å². The van der Waals surface area contributed by atoms with E-state index in [2.05, 4.69) is 0 Å². The second kappa shape index (κ2) is 7.39. The van der Waals surface area contributed by atoms with Crippen LogP contribution in [0.25, 0.3) is 6.08 Å². The molecule has 0 radical (unpaired) electrons. The van der Waals surface area contributed by atoms with E-state index in [1.165, 1.54) is 0 Å². The van der Waals surface area contributed by atoms with Gasteiger partial charge in [0.1, 0.15) is 5.75 Å². The van der Waals surface area contributed by atoms with E-state index in [0.29, 0.717) is 15.5 Å². The first-order chi connectivity index (χ1) is 12.0. The Hall–Kier alpha value is -2.15. The predicted molar refractivity (Wildman–Crippen MR) is 104 cm³/mol. The third kappa shape index (κ3) is 3.76. The zero-order chi connectivity index (χ0) is 18.0. The van der Waals surface area contributed by atoms with E-state index in [1.807, 2.05) is 12.1 Å². The molecule has 0 aliphatic carbocycles. The average molecular weight is 390 g/mol. The highest BCUT2D eigenvalue weighted by atomic mass is 35.5. The maximum Gasteiger partial charge on any atom is 0.273 e. The molecule has 0 aromatic heterocycles. The molecule has 3 rings (SSSR count). The first-order valence-electron chi connectivity index (χ1n) is 7.21. The molecule has 2 amide bonds. The molecule has 0 saturated carbocycles. The molecular weight excluding hydrogens is 378 g/mol. The van der Waals surface area contributed by atoms with Crippen molar-refractivity contribution >= 4 is 57.8 Å². The molecule has 0 bridgehead atoms. The van der Waals surface area contributed by atoms with Crippen LogP contribution in [0.3, 0.4) is 0 Å². The van der Waals surface area contributed by atoms with Crippen LogP contribution in [0.1, 0.15) is 15.9 Å². The number of thiocarbonyl (C=S) groups is 1. The van der Waals surface area contributed by atoms with Gasteiger partial charge in [-0.25, -0.2) is 4.90 Å². The third-order valence-corrected chi connectivity index (χ3v) is 5.06. The Morgan fingerprint density at radius 3 is 2.40 bits per heavy atom. The Balaban J connectivity index is 1.85. The van der Waals surface area contributed by atoms with Crippen molar-refractivity contribution in [3.8, 4) is 5.75 Å². The Morgan fingerprint density at radius 1 is 1.16 bits per heavy atom. The van der Waals surface area contributed by atoms with Gasteiger partial charge in [-0.2, -0.15) is 0 Å². The van der Waals surface area contributed by atoms with Gasteiger partial charge in [-0.05, 0) is 48.0 Å². The highest BCUT2D eigenvalue weighted by Crippen LogP contribution is 2.33. The maximum absolute atomic E-state index is 12.6. The Bertz CT molecular complexity index is 876. The number of ether oxygens (including phenoxy) is 1. The number of thioether (sulfide) groups is 1. The molecule has 1 aliphatic heterocycles. The number of methoxy groups -OCH3 is 1. The lowest BCUT2D eigenvalue weighted by atomic mass is 10.2. The van der Waals surface area contributed by atoms with Gasteiger partial charge in [0, 0.05) is 10.6 Å². The lowest BCUT2D eigenvalue weighted by Crippen LogP contribution is -2.34. The van der Waals surface area contributed by atoms with Gasteiger partial charge >= 0.3 is 0 Å². The molecule has 1 heterocycles. The monoisotopic (exact) mass is 389 g/mol. The summed E-state index contributed by atoms with van der Waals surface area (Å²) in [6.07, 6.45) is 1.70. The van der Waals surface area contributed by atoms with Gasteiger partial charge in [0.2, 0.25) is 0 Å². The van der Waals surface area contributed by atoms with Crippen molar-refractivity contribution in [1.82, 2.24) is 4.90 Å². The van der Waals surface area contributed by atoms with Gasteiger partial charge in [0.25, 0.3) is 11.8 Å². The minimum Gasteiger partial charge on any atom is -0.497 e. The number of hydrogen-bond acceptors (Lipinski definition) is 5. The summed E-state index contributed by atoms with van der Waals surface area (Å²) >= 11 is 12.1. The van der Waals surface area contributed by atoms with Gasteiger partial charge in [0.05, 0.1) is 12.0 Å². The molecule has 1 fully saturated rings. The van der Waals surface area contributed by atoms with Crippen LogP contribution in [0.2, 0.25) is 5.02 Å². The summed E-state index contributed by atoms with van der Waals surface area (Å²) in [5.74, 6) is -0.161. The van der Waals surface area contributed by atoms with E-state index < -0.39 is 11.8 Å². The van der Waals surface area contributed by atoms with E-state index in [1.54, 1.807) is 49.6 Å². The molecule has 0 atom stereocenters. The van der Waals surface area contributed by atoms with Gasteiger partial charge in [-0.15, -0.1) is 0 Å². The maximum atomic E-state index is 12.6. The molecule has 2 aromatic rings. The first-order valence-corrected chi connectivity index (χ1v) is 8.82. The summed E-state index contributed by atoms with van der Waals surface area (Å²) in [5.41, 5.74) is 1.17. The number of rotatable bonds is 3. The third-order valence-electron chi connectivity index (χ3n) is 3.50. The van der Waals surface area contributed by atoms with Gasteiger partial charge in [-0.3, -0.25) is 9.59 Å². The van der Waals surface area contributed by atoms with Gasteiger partial charge in [0.15, 0.2) is 4.32 Å². The highest BCUT2D eigenvalue weighted by Gasteiger charge is 2.37. The molecule has 25 heavy (non-hydrogen) atoms. The SMILES string of the molecule is COc1ccc(C=C2SC(=S)N(C(=O)c3ccc(Cl)cc3)C2=O)cc1. The fourth-order valence-corrected chi connectivity index (χ4v) is 3.60. The number of carbonyl (C=O) groups excluding carboxylic acids is 2. The minimum absolute atomic E-state index is 0.213. The van der Waals surface area contributed by atoms with E-state index in [0.717, 1.165) is 28.0 Å². The second-order valence-corrected chi connectivity index (χ2v) is 7.21. The molecule has 1 saturated heterocycles. The summed E-state index contributed by atoms with van der Waals surface area (Å²) in [4.78, 5) is 26.6. The summed E-state index contributed by atoms with van der Waals surface area (Å²) in [6, 6.07) is 13.6.